The Morgan fingerprint density at radius 3 is 2.62 bits per heavy atom. The van der Waals surface area contributed by atoms with Crippen LogP contribution >= 0.6 is 0 Å². The molecule has 1 aliphatic rings. The molecule has 1 aromatic carbocycles. The highest BCUT2D eigenvalue weighted by atomic mass is 15.2. The van der Waals surface area contributed by atoms with Gasteiger partial charge in [-0.2, -0.15) is 0 Å². The third-order valence-corrected chi connectivity index (χ3v) is 4.55. The van der Waals surface area contributed by atoms with E-state index in [1.54, 1.807) is 0 Å². The first kappa shape index (κ1) is 12.7. The van der Waals surface area contributed by atoms with Crippen LogP contribution in [-0.2, 0) is 0 Å². The molecular weight excluding hydrogens is 260 g/mol. The summed E-state index contributed by atoms with van der Waals surface area (Å²) in [6.07, 6.45) is 4.14. The quantitative estimate of drug-likeness (QED) is 0.684. The number of anilines is 1. The van der Waals surface area contributed by atoms with E-state index in [-0.39, 0.29) is 0 Å². The zero-order valence-electron chi connectivity index (χ0n) is 12.6. The predicted molar refractivity (Wildman–Crippen MR) is 87.1 cm³/mol. The number of rotatable bonds is 1. The van der Waals surface area contributed by atoms with Gasteiger partial charge in [-0.15, -0.1) is 0 Å². The second-order valence-electron chi connectivity index (χ2n) is 5.95. The number of piperazine rings is 1. The minimum atomic E-state index is 1.07. The third-order valence-electron chi connectivity index (χ3n) is 4.55. The summed E-state index contributed by atoms with van der Waals surface area (Å²) in [7, 11) is 2.19. The maximum absolute atomic E-state index is 4.76. The Kier molecular flexibility index (Phi) is 2.86. The smallest absolute Gasteiger partial charge is 0.110 e. The molecule has 0 unspecified atom stereocenters. The van der Waals surface area contributed by atoms with Crippen LogP contribution in [-0.4, -0.2) is 47.5 Å². The van der Waals surface area contributed by atoms with Crippen LogP contribution in [0.1, 0.15) is 5.56 Å². The van der Waals surface area contributed by atoms with Gasteiger partial charge in [-0.1, -0.05) is 6.07 Å². The van der Waals surface area contributed by atoms with Crippen LogP contribution in [0.5, 0.6) is 0 Å². The second-order valence-corrected chi connectivity index (χ2v) is 5.95. The van der Waals surface area contributed by atoms with Crippen molar-refractivity contribution in [3.63, 3.8) is 0 Å². The number of hydrogen-bond acceptors (Lipinski definition) is 3. The second kappa shape index (κ2) is 4.74. The average molecular weight is 280 g/mol. The van der Waals surface area contributed by atoms with Gasteiger partial charge < -0.3 is 14.2 Å². The fourth-order valence-electron chi connectivity index (χ4n) is 3.19. The Morgan fingerprint density at radius 2 is 1.81 bits per heavy atom. The highest BCUT2D eigenvalue weighted by Crippen LogP contribution is 2.27. The van der Waals surface area contributed by atoms with E-state index in [1.807, 2.05) is 6.20 Å². The molecule has 3 aromatic rings. The summed E-state index contributed by atoms with van der Waals surface area (Å²) in [6.45, 7) is 6.50. The minimum absolute atomic E-state index is 1.07. The van der Waals surface area contributed by atoms with Gasteiger partial charge in [0.05, 0.1) is 22.9 Å². The summed E-state index contributed by atoms with van der Waals surface area (Å²) in [6, 6.07) is 8.66. The zero-order valence-corrected chi connectivity index (χ0v) is 12.6. The first-order chi connectivity index (χ1) is 10.2. The summed E-state index contributed by atoms with van der Waals surface area (Å²) in [5.41, 5.74) is 6.02. The van der Waals surface area contributed by atoms with Gasteiger partial charge in [-0.05, 0) is 37.7 Å². The van der Waals surface area contributed by atoms with Crippen molar-refractivity contribution in [2.45, 2.75) is 6.92 Å². The van der Waals surface area contributed by atoms with E-state index in [4.69, 9.17) is 4.98 Å². The number of likely N-dealkylation sites (N-methyl/N-ethyl adjacent to an activating group) is 1. The van der Waals surface area contributed by atoms with E-state index < -0.39 is 0 Å². The zero-order chi connectivity index (χ0) is 14.4. The normalized spacial score (nSPS) is 17.0. The van der Waals surface area contributed by atoms with Crippen LogP contribution in [0.2, 0.25) is 0 Å². The van der Waals surface area contributed by atoms with E-state index >= 15 is 0 Å². The van der Waals surface area contributed by atoms with Gasteiger partial charge in [0.1, 0.15) is 5.52 Å². The molecule has 0 saturated carbocycles. The van der Waals surface area contributed by atoms with Gasteiger partial charge in [-0.3, -0.25) is 4.98 Å². The number of para-hydroxylation sites is 1. The summed E-state index contributed by atoms with van der Waals surface area (Å²) in [5.74, 6) is 0. The fraction of sp³-hybridized carbons (Fsp3) is 0.353. The van der Waals surface area contributed by atoms with E-state index in [9.17, 15) is 0 Å². The molecule has 4 heteroatoms. The molecule has 0 N–H and O–H groups in total. The number of hydrogen-bond donors (Lipinski definition) is 0. The van der Waals surface area contributed by atoms with Crippen molar-refractivity contribution in [3.05, 3.63) is 42.2 Å². The maximum Gasteiger partial charge on any atom is 0.110 e. The van der Waals surface area contributed by atoms with E-state index in [2.05, 4.69) is 58.6 Å². The summed E-state index contributed by atoms with van der Waals surface area (Å²) >= 11 is 0. The van der Waals surface area contributed by atoms with Gasteiger partial charge >= 0.3 is 0 Å². The van der Waals surface area contributed by atoms with Crippen LogP contribution in [0.25, 0.3) is 16.6 Å². The van der Waals surface area contributed by atoms with Crippen molar-refractivity contribution < 1.29 is 0 Å². The van der Waals surface area contributed by atoms with Gasteiger partial charge in [0.25, 0.3) is 0 Å². The van der Waals surface area contributed by atoms with Crippen LogP contribution in [0.15, 0.2) is 36.7 Å². The molecule has 0 bridgehead atoms. The van der Waals surface area contributed by atoms with Crippen LogP contribution < -0.4 is 4.90 Å². The first-order valence-electron chi connectivity index (χ1n) is 7.53. The number of aromatic nitrogens is 2. The van der Waals surface area contributed by atoms with Crippen LogP contribution in [0.4, 0.5) is 5.69 Å². The Hall–Kier alpha value is -2.07. The SMILES string of the molecule is Cc1ccn2c1cnc1c(N3CCN(C)CC3)cccc12. The molecule has 2 aromatic heterocycles. The molecule has 4 nitrogen and oxygen atoms in total. The predicted octanol–water partition coefficient (Wildman–Crippen LogP) is 2.55. The standard InChI is InChI=1S/C17H20N4/c1-13-6-7-21-15-5-3-4-14(17(15)18-12-16(13)21)20-10-8-19(2)9-11-20/h3-7,12H,8-11H2,1-2H3. The lowest BCUT2D eigenvalue weighted by Crippen LogP contribution is -2.44. The number of aryl methyl sites for hydroxylation is 1. The molecule has 108 valence electrons. The lowest BCUT2D eigenvalue weighted by Gasteiger charge is -2.34. The fourth-order valence-corrected chi connectivity index (χ4v) is 3.19. The van der Waals surface area contributed by atoms with E-state index in [1.165, 1.54) is 22.3 Å². The number of fused-ring (bicyclic) bond motifs is 3. The number of benzene rings is 1. The van der Waals surface area contributed by atoms with Crippen molar-refractivity contribution in [1.82, 2.24) is 14.3 Å². The number of nitrogens with zero attached hydrogens (tertiary/aromatic N) is 4. The molecule has 0 aliphatic carbocycles. The van der Waals surface area contributed by atoms with Gasteiger partial charge in [0, 0.05) is 32.4 Å². The first-order valence-corrected chi connectivity index (χ1v) is 7.53. The van der Waals surface area contributed by atoms with Crippen molar-refractivity contribution in [2.75, 3.05) is 38.1 Å². The molecule has 0 amide bonds. The molecular formula is C17H20N4. The van der Waals surface area contributed by atoms with Crippen LogP contribution in [0, 0.1) is 6.92 Å². The van der Waals surface area contributed by atoms with Crippen molar-refractivity contribution in [1.29, 1.82) is 0 Å². The average Bonchev–Trinajstić information content (AvgIpc) is 2.89. The van der Waals surface area contributed by atoms with E-state index in [0.29, 0.717) is 0 Å². The summed E-state index contributed by atoms with van der Waals surface area (Å²) < 4.78 is 2.25. The molecule has 1 fully saturated rings. The minimum Gasteiger partial charge on any atom is -0.367 e. The monoisotopic (exact) mass is 280 g/mol. The molecule has 0 radical (unpaired) electrons. The summed E-state index contributed by atoms with van der Waals surface area (Å²) in [4.78, 5) is 9.59. The molecule has 21 heavy (non-hydrogen) atoms. The van der Waals surface area contributed by atoms with Crippen LogP contribution in [0.3, 0.4) is 0 Å². The van der Waals surface area contributed by atoms with Crippen molar-refractivity contribution in [3.8, 4) is 0 Å². The third kappa shape index (κ3) is 1.98. The summed E-state index contributed by atoms with van der Waals surface area (Å²) in [5, 5.41) is 0. The Morgan fingerprint density at radius 1 is 1.00 bits per heavy atom. The van der Waals surface area contributed by atoms with Gasteiger partial charge in [0.2, 0.25) is 0 Å². The molecule has 0 atom stereocenters. The highest BCUT2D eigenvalue weighted by molar-refractivity contribution is 5.90. The van der Waals surface area contributed by atoms with Gasteiger partial charge in [0.15, 0.2) is 0 Å². The van der Waals surface area contributed by atoms with Gasteiger partial charge in [-0.25, -0.2) is 0 Å². The Balaban J connectivity index is 1.88. The molecule has 1 saturated heterocycles. The maximum atomic E-state index is 4.76. The Labute approximate surface area is 124 Å². The van der Waals surface area contributed by atoms with Crippen molar-refractivity contribution >= 4 is 22.2 Å². The topological polar surface area (TPSA) is 23.8 Å². The molecule has 0 spiro atoms. The Bertz CT molecular complexity index is 797. The lowest BCUT2D eigenvalue weighted by molar-refractivity contribution is 0.313. The lowest BCUT2D eigenvalue weighted by atomic mass is 10.2. The molecule has 3 heterocycles. The van der Waals surface area contributed by atoms with E-state index in [0.717, 1.165) is 31.7 Å². The molecule has 1 aliphatic heterocycles. The van der Waals surface area contributed by atoms with Crippen molar-refractivity contribution in [2.24, 2.45) is 0 Å². The largest absolute Gasteiger partial charge is 0.367 e. The highest BCUT2D eigenvalue weighted by Gasteiger charge is 2.17. The molecule has 4 rings (SSSR count).